The minimum atomic E-state index is -0.876. The number of amides is 2. The van der Waals surface area contributed by atoms with Gasteiger partial charge in [0, 0.05) is 35.6 Å². The van der Waals surface area contributed by atoms with Crippen molar-refractivity contribution in [3.8, 4) is 0 Å². The van der Waals surface area contributed by atoms with Gasteiger partial charge in [0.2, 0.25) is 0 Å². The van der Waals surface area contributed by atoms with Gasteiger partial charge >= 0.3 is 0 Å². The first-order chi connectivity index (χ1) is 14.5. The number of rotatable bonds is 3. The zero-order valence-electron chi connectivity index (χ0n) is 17.5. The average Bonchev–Trinajstić information content (AvgIpc) is 2.76. The Morgan fingerprint density at radius 1 is 1.07 bits per heavy atom. The summed E-state index contributed by atoms with van der Waals surface area (Å²) in [5.74, 6) is -0.306. The summed E-state index contributed by atoms with van der Waals surface area (Å²) in [7, 11) is 0. The molecular formula is C23H29N3O4. The van der Waals surface area contributed by atoms with Gasteiger partial charge in [-0.05, 0) is 38.7 Å². The zero-order chi connectivity index (χ0) is 21.3. The standard InChI is InChI=1S/C23H29N3O4/c1-17-19(11-8-12-20(17)26(29)30)21(27)25-16-15-24(18-9-4-2-5-10-18)22(28)23(25)13-6-3-7-14-23/h8,11-12,15-16,18H,2-7,9-10,13-14H2,1H3. The van der Waals surface area contributed by atoms with Crippen molar-refractivity contribution < 1.29 is 14.5 Å². The van der Waals surface area contributed by atoms with Gasteiger partial charge in [-0.25, -0.2) is 0 Å². The molecule has 1 heterocycles. The summed E-state index contributed by atoms with van der Waals surface area (Å²) in [6.07, 6.45) is 13.1. The van der Waals surface area contributed by atoms with Crippen LogP contribution in [0.2, 0.25) is 0 Å². The third kappa shape index (κ3) is 3.40. The number of hydrogen-bond acceptors (Lipinski definition) is 4. The Morgan fingerprint density at radius 3 is 2.40 bits per heavy atom. The molecule has 0 radical (unpaired) electrons. The number of nitrogens with zero attached hydrogens (tertiary/aromatic N) is 3. The van der Waals surface area contributed by atoms with Crippen LogP contribution in [-0.2, 0) is 4.79 Å². The van der Waals surface area contributed by atoms with Gasteiger partial charge in [-0.3, -0.25) is 24.6 Å². The van der Waals surface area contributed by atoms with Gasteiger partial charge in [0.25, 0.3) is 17.5 Å². The van der Waals surface area contributed by atoms with E-state index in [4.69, 9.17) is 0 Å². The molecule has 0 aromatic heterocycles. The molecule has 7 nitrogen and oxygen atoms in total. The predicted octanol–water partition coefficient (Wildman–Crippen LogP) is 4.69. The Bertz CT molecular complexity index is 882. The van der Waals surface area contributed by atoms with Gasteiger partial charge in [0.15, 0.2) is 0 Å². The Balaban J connectivity index is 1.73. The normalized spacial score (nSPS) is 21.8. The number of hydrogen-bond donors (Lipinski definition) is 0. The third-order valence-corrected chi connectivity index (χ3v) is 7.07. The zero-order valence-corrected chi connectivity index (χ0v) is 17.5. The van der Waals surface area contributed by atoms with Crippen molar-refractivity contribution in [1.82, 2.24) is 9.80 Å². The lowest BCUT2D eigenvalue weighted by molar-refractivity contribution is -0.385. The van der Waals surface area contributed by atoms with Crippen molar-refractivity contribution in [2.24, 2.45) is 0 Å². The Morgan fingerprint density at radius 2 is 1.73 bits per heavy atom. The van der Waals surface area contributed by atoms with E-state index in [0.717, 1.165) is 44.9 Å². The molecule has 1 aromatic carbocycles. The molecule has 1 aromatic rings. The fourth-order valence-electron chi connectivity index (χ4n) is 5.38. The molecule has 0 saturated heterocycles. The molecule has 30 heavy (non-hydrogen) atoms. The first-order valence-electron chi connectivity index (χ1n) is 11.0. The van der Waals surface area contributed by atoms with Crippen LogP contribution in [0, 0.1) is 17.0 Å². The molecule has 2 fully saturated rings. The lowest BCUT2D eigenvalue weighted by Crippen LogP contribution is -2.63. The summed E-state index contributed by atoms with van der Waals surface area (Å²) in [4.78, 5) is 41.7. The van der Waals surface area contributed by atoms with Gasteiger partial charge < -0.3 is 4.90 Å². The van der Waals surface area contributed by atoms with Crippen LogP contribution in [0.5, 0.6) is 0 Å². The average molecular weight is 412 g/mol. The molecule has 160 valence electrons. The van der Waals surface area contributed by atoms with Crippen molar-refractivity contribution in [3.05, 3.63) is 51.8 Å². The van der Waals surface area contributed by atoms with Crippen molar-refractivity contribution >= 4 is 17.5 Å². The smallest absolute Gasteiger partial charge is 0.273 e. The van der Waals surface area contributed by atoms with Crippen LogP contribution in [0.15, 0.2) is 30.6 Å². The highest BCUT2D eigenvalue weighted by Gasteiger charge is 2.51. The van der Waals surface area contributed by atoms with Crippen LogP contribution < -0.4 is 0 Å². The van der Waals surface area contributed by atoms with Gasteiger partial charge in [0.05, 0.1) is 4.92 Å². The molecule has 0 atom stereocenters. The fourth-order valence-corrected chi connectivity index (χ4v) is 5.38. The summed E-state index contributed by atoms with van der Waals surface area (Å²) in [6, 6.07) is 4.77. The topological polar surface area (TPSA) is 83.8 Å². The molecule has 4 rings (SSSR count). The highest BCUT2D eigenvalue weighted by molar-refractivity contribution is 6.02. The van der Waals surface area contributed by atoms with Crippen LogP contribution >= 0.6 is 0 Å². The lowest BCUT2D eigenvalue weighted by Gasteiger charge is -2.50. The highest BCUT2D eigenvalue weighted by Crippen LogP contribution is 2.41. The number of nitro benzene ring substituents is 1. The minimum absolute atomic E-state index is 0.0213. The summed E-state index contributed by atoms with van der Waals surface area (Å²) in [5, 5.41) is 11.3. The summed E-state index contributed by atoms with van der Waals surface area (Å²) >= 11 is 0. The number of benzene rings is 1. The van der Waals surface area contributed by atoms with E-state index in [2.05, 4.69) is 0 Å². The van der Waals surface area contributed by atoms with E-state index < -0.39 is 10.5 Å². The van der Waals surface area contributed by atoms with Crippen molar-refractivity contribution in [3.63, 3.8) is 0 Å². The van der Waals surface area contributed by atoms with Gasteiger partial charge in [0.1, 0.15) is 5.54 Å². The van der Waals surface area contributed by atoms with Crippen LogP contribution in [0.1, 0.15) is 80.1 Å². The van der Waals surface area contributed by atoms with E-state index in [0.29, 0.717) is 18.4 Å². The van der Waals surface area contributed by atoms with E-state index in [1.54, 1.807) is 30.3 Å². The molecule has 0 unspecified atom stereocenters. The van der Waals surface area contributed by atoms with E-state index in [1.807, 2.05) is 4.90 Å². The first kappa shape index (κ1) is 20.6. The van der Waals surface area contributed by atoms with Crippen molar-refractivity contribution in [2.45, 2.75) is 82.7 Å². The second-order valence-corrected chi connectivity index (χ2v) is 8.78. The SMILES string of the molecule is Cc1c(C(=O)N2C=CN(C3CCCCC3)C(=O)C23CCCCC3)cccc1[N+](=O)[O-]. The molecule has 2 saturated carbocycles. The Kier molecular flexibility index (Phi) is 5.62. The molecular weight excluding hydrogens is 382 g/mol. The molecule has 2 aliphatic carbocycles. The van der Waals surface area contributed by atoms with Crippen LogP contribution in [0.25, 0.3) is 0 Å². The molecule has 2 amide bonds. The van der Waals surface area contributed by atoms with E-state index in [-0.39, 0.29) is 29.1 Å². The highest BCUT2D eigenvalue weighted by atomic mass is 16.6. The maximum atomic E-state index is 13.8. The van der Waals surface area contributed by atoms with Crippen LogP contribution in [-0.4, -0.2) is 38.1 Å². The van der Waals surface area contributed by atoms with Gasteiger partial charge in [-0.1, -0.05) is 44.6 Å². The van der Waals surface area contributed by atoms with E-state index in [1.165, 1.54) is 18.6 Å². The number of carbonyl (C=O) groups is 2. The van der Waals surface area contributed by atoms with Gasteiger partial charge in [-0.15, -0.1) is 0 Å². The van der Waals surface area contributed by atoms with Crippen molar-refractivity contribution in [1.29, 1.82) is 0 Å². The third-order valence-electron chi connectivity index (χ3n) is 7.07. The predicted molar refractivity (Wildman–Crippen MR) is 113 cm³/mol. The second kappa shape index (κ2) is 8.20. The summed E-state index contributed by atoms with van der Waals surface area (Å²) in [5.41, 5.74) is -0.320. The lowest BCUT2D eigenvalue weighted by atomic mass is 9.77. The maximum Gasteiger partial charge on any atom is 0.273 e. The quantitative estimate of drug-likeness (QED) is 0.533. The summed E-state index contributed by atoms with van der Waals surface area (Å²) < 4.78 is 0. The minimum Gasteiger partial charge on any atom is -0.313 e. The molecule has 7 heteroatoms. The summed E-state index contributed by atoms with van der Waals surface area (Å²) in [6.45, 7) is 1.60. The molecule has 1 aliphatic heterocycles. The largest absolute Gasteiger partial charge is 0.313 e. The maximum absolute atomic E-state index is 13.8. The molecule has 0 bridgehead atoms. The Labute approximate surface area is 176 Å². The fraction of sp³-hybridized carbons (Fsp3) is 0.565. The molecule has 1 spiro atoms. The monoisotopic (exact) mass is 411 g/mol. The molecule has 0 N–H and O–H groups in total. The van der Waals surface area contributed by atoms with Crippen molar-refractivity contribution in [2.75, 3.05) is 0 Å². The van der Waals surface area contributed by atoms with E-state index in [9.17, 15) is 19.7 Å². The number of nitro groups is 1. The van der Waals surface area contributed by atoms with Crippen LogP contribution in [0.3, 0.4) is 0 Å². The van der Waals surface area contributed by atoms with E-state index >= 15 is 0 Å². The Hall–Kier alpha value is -2.70. The second-order valence-electron chi connectivity index (χ2n) is 8.78. The molecule has 3 aliphatic rings. The first-order valence-corrected chi connectivity index (χ1v) is 11.0. The number of carbonyl (C=O) groups excluding carboxylic acids is 2. The van der Waals surface area contributed by atoms with Gasteiger partial charge in [-0.2, -0.15) is 0 Å². The van der Waals surface area contributed by atoms with Crippen LogP contribution in [0.4, 0.5) is 5.69 Å².